The fourth-order valence-corrected chi connectivity index (χ4v) is 3.65. The highest BCUT2D eigenvalue weighted by Gasteiger charge is 2.25. The maximum Gasteiger partial charge on any atom is 0.155 e. The third-order valence-corrected chi connectivity index (χ3v) is 4.85. The number of fused-ring (bicyclic) bond motifs is 1. The van der Waals surface area contributed by atoms with E-state index in [4.69, 9.17) is 4.42 Å². The van der Waals surface area contributed by atoms with Crippen LogP contribution in [0.25, 0.3) is 27.9 Å². The Kier molecular flexibility index (Phi) is 4.02. The number of hydrogen-bond acceptors (Lipinski definition) is 4. The van der Waals surface area contributed by atoms with E-state index >= 15 is 0 Å². The predicted octanol–water partition coefficient (Wildman–Crippen LogP) is 4.63. The van der Waals surface area contributed by atoms with Gasteiger partial charge in [0.2, 0.25) is 0 Å². The Morgan fingerprint density at radius 2 is 2.42 bits per heavy atom. The van der Waals surface area contributed by atoms with Crippen LogP contribution in [0.15, 0.2) is 53.9 Å². The average Bonchev–Trinajstić information content (AvgIpc) is 3.40. The van der Waals surface area contributed by atoms with Crippen molar-refractivity contribution in [3.63, 3.8) is 0 Å². The number of aromatic nitrogens is 2. The van der Waals surface area contributed by atoms with Crippen LogP contribution in [0.2, 0.25) is 0 Å². The number of carbonyl (C=O) groups is 1. The quantitative estimate of drug-likeness (QED) is 0.685. The van der Waals surface area contributed by atoms with Gasteiger partial charge >= 0.3 is 0 Å². The van der Waals surface area contributed by atoms with E-state index in [1.165, 1.54) is 6.08 Å². The molecule has 0 spiro atoms. The molecule has 1 unspecified atom stereocenters. The second-order valence-corrected chi connectivity index (χ2v) is 6.47. The normalized spacial score (nSPS) is 16.4. The Bertz CT molecular complexity index is 1060. The van der Waals surface area contributed by atoms with Crippen LogP contribution in [-0.4, -0.2) is 15.8 Å². The first-order valence-corrected chi connectivity index (χ1v) is 8.50. The minimum atomic E-state index is 0.0583. The van der Waals surface area contributed by atoms with Crippen LogP contribution in [0, 0.1) is 17.2 Å². The Morgan fingerprint density at radius 3 is 3.15 bits per heavy atom. The Balaban J connectivity index is 1.82. The molecule has 0 bridgehead atoms. The molecule has 0 fully saturated rings. The van der Waals surface area contributed by atoms with Gasteiger partial charge in [-0.1, -0.05) is 12.7 Å². The van der Waals surface area contributed by atoms with Crippen LogP contribution in [0.1, 0.15) is 30.4 Å². The standard InChI is InChI=1S/C21H17N3O2/c1-2-16(25)9-13-5-6-14(8-13)19-15(10-22)11-23-21-20(19)17(12-24-21)18-4-3-7-26-18/h2-4,6-7,11-13H,1,5,8-9H2,(H,23,24). The highest BCUT2D eigenvalue weighted by atomic mass is 16.3. The number of nitrogens with zero attached hydrogens (tertiary/aromatic N) is 2. The molecular formula is C21H17N3O2. The number of pyridine rings is 1. The van der Waals surface area contributed by atoms with Gasteiger partial charge in [0.15, 0.2) is 5.78 Å². The Morgan fingerprint density at radius 1 is 1.54 bits per heavy atom. The molecule has 0 aliphatic heterocycles. The minimum absolute atomic E-state index is 0.0583. The van der Waals surface area contributed by atoms with E-state index in [2.05, 4.69) is 28.7 Å². The number of allylic oxidation sites excluding steroid dienone is 3. The Hall–Kier alpha value is -3.39. The van der Waals surface area contributed by atoms with Gasteiger partial charge in [0.05, 0.1) is 11.8 Å². The minimum Gasteiger partial charge on any atom is -0.464 e. The summed E-state index contributed by atoms with van der Waals surface area (Å²) in [5, 5.41) is 10.5. The number of nitriles is 1. The molecule has 1 atom stereocenters. The third kappa shape index (κ3) is 2.66. The lowest BCUT2D eigenvalue weighted by Gasteiger charge is -2.11. The smallest absolute Gasteiger partial charge is 0.155 e. The van der Waals surface area contributed by atoms with Crippen molar-refractivity contribution in [3.8, 4) is 17.4 Å². The van der Waals surface area contributed by atoms with Gasteiger partial charge in [0.25, 0.3) is 0 Å². The van der Waals surface area contributed by atoms with Gasteiger partial charge in [0, 0.05) is 35.3 Å². The zero-order chi connectivity index (χ0) is 18.1. The number of furan rings is 1. The summed E-state index contributed by atoms with van der Waals surface area (Å²) in [6, 6.07) is 5.99. The lowest BCUT2D eigenvalue weighted by Crippen LogP contribution is -2.03. The van der Waals surface area contributed by atoms with E-state index in [-0.39, 0.29) is 11.7 Å². The fraction of sp³-hybridized carbons (Fsp3) is 0.190. The first kappa shape index (κ1) is 16.1. The van der Waals surface area contributed by atoms with Crippen LogP contribution in [-0.2, 0) is 4.79 Å². The molecule has 1 aliphatic rings. The van der Waals surface area contributed by atoms with Gasteiger partial charge in [-0.25, -0.2) is 4.98 Å². The maximum absolute atomic E-state index is 11.7. The van der Waals surface area contributed by atoms with Crippen molar-refractivity contribution < 1.29 is 9.21 Å². The van der Waals surface area contributed by atoms with Crippen molar-refractivity contribution >= 4 is 22.4 Å². The zero-order valence-corrected chi connectivity index (χ0v) is 14.2. The van der Waals surface area contributed by atoms with E-state index in [1.54, 1.807) is 12.5 Å². The molecule has 128 valence electrons. The second-order valence-electron chi connectivity index (χ2n) is 6.47. The van der Waals surface area contributed by atoms with Gasteiger partial charge in [-0.15, -0.1) is 0 Å². The molecule has 3 aromatic rings. The summed E-state index contributed by atoms with van der Waals surface area (Å²) in [6.45, 7) is 3.55. The van der Waals surface area contributed by atoms with Crippen LogP contribution < -0.4 is 0 Å². The molecule has 0 saturated carbocycles. The van der Waals surface area contributed by atoms with Crippen molar-refractivity contribution in [3.05, 3.63) is 60.6 Å². The largest absolute Gasteiger partial charge is 0.464 e. The molecule has 0 aromatic carbocycles. The summed E-state index contributed by atoms with van der Waals surface area (Å²) < 4.78 is 5.56. The van der Waals surface area contributed by atoms with Crippen LogP contribution >= 0.6 is 0 Å². The van der Waals surface area contributed by atoms with E-state index in [0.717, 1.165) is 46.3 Å². The van der Waals surface area contributed by atoms with Gasteiger partial charge in [-0.3, -0.25) is 4.79 Å². The van der Waals surface area contributed by atoms with E-state index in [9.17, 15) is 10.1 Å². The zero-order valence-electron chi connectivity index (χ0n) is 14.2. The summed E-state index contributed by atoms with van der Waals surface area (Å²) in [4.78, 5) is 19.2. The third-order valence-electron chi connectivity index (χ3n) is 4.85. The van der Waals surface area contributed by atoms with Crippen LogP contribution in [0.3, 0.4) is 0 Å². The number of H-pyrrole nitrogens is 1. The van der Waals surface area contributed by atoms with Crippen molar-refractivity contribution in [1.82, 2.24) is 9.97 Å². The molecular weight excluding hydrogens is 326 g/mol. The highest BCUT2D eigenvalue weighted by Crippen LogP contribution is 2.41. The first-order valence-electron chi connectivity index (χ1n) is 8.50. The molecule has 0 radical (unpaired) electrons. The SMILES string of the molecule is C=CC(=O)CC1CC=C(c2c(C#N)cnc3[nH]cc(-c4ccco4)c23)C1. The fourth-order valence-electron chi connectivity index (χ4n) is 3.65. The number of hydrogen-bond donors (Lipinski definition) is 1. The topological polar surface area (TPSA) is 82.7 Å². The lowest BCUT2D eigenvalue weighted by molar-refractivity contribution is -0.115. The van der Waals surface area contributed by atoms with E-state index in [0.29, 0.717) is 12.0 Å². The van der Waals surface area contributed by atoms with Crippen molar-refractivity contribution in [2.45, 2.75) is 19.3 Å². The van der Waals surface area contributed by atoms with Crippen molar-refractivity contribution in [2.24, 2.45) is 5.92 Å². The number of carbonyl (C=O) groups excluding carboxylic acids is 1. The van der Waals surface area contributed by atoms with Crippen LogP contribution in [0.4, 0.5) is 0 Å². The van der Waals surface area contributed by atoms with Gasteiger partial charge in [-0.05, 0) is 42.5 Å². The lowest BCUT2D eigenvalue weighted by atomic mass is 9.92. The van der Waals surface area contributed by atoms with Gasteiger partial charge in [-0.2, -0.15) is 5.26 Å². The molecule has 3 aromatic heterocycles. The molecule has 26 heavy (non-hydrogen) atoms. The van der Waals surface area contributed by atoms with Crippen LogP contribution in [0.5, 0.6) is 0 Å². The first-order chi connectivity index (χ1) is 12.7. The molecule has 5 nitrogen and oxygen atoms in total. The second kappa shape index (κ2) is 6.49. The monoisotopic (exact) mass is 343 g/mol. The van der Waals surface area contributed by atoms with E-state index in [1.807, 2.05) is 18.3 Å². The molecule has 3 heterocycles. The molecule has 0 amide bonds. The number of nitrogens with one attached hydrogen (secondary N) is 1. The predicted molar refractivity (Wildman–Crippen MR) is 99.0 cm³/mol. The summed E-state index contributed by atoms with van der Waals surface area (Å²) in [6.07, 6.45) is 10.7. The molecule has 1 N–H and O–H groups in total. The van der Waals surface area contributed by atoms with Gasteiger partial charge in [0.1, 0.15) is 17.5 Å². The summed E-state index contributed by atoms with van der Waals surface area (Å²) in [7, 11) is 0. The number of rotatable bonds is 5. The van der Waals surface area contributed by atoms with Crippen molar-refractivity contribution in [1.29, 1.82) is 5.26 Å². The van der Waals surface area contributed by atoms with Crippen molar-refractivity contribution in [2.75, 3.05) is 0 Å². The summed E-state index contributed by atoms with van der Waals surface area (Å²) >= 11 is 0. The highest BCUT2D eigenvalue weighted by molar-refractivity contribution is 6.02. The molecule has 1 aliphatic carbocycles. The number of ketones is 1. The molecule has 5 heteroatoms. The van der Waals surface area contributed by atoms with Gasteiger partial charge < -0.3 is 9.40 Å². The molecule has 4 rings (SSSR count). The summed E-state index contributed by atoms with van der Waals surface area (Å²) in [5.41, 5.74) is 4.11. The Labute approximate surface area is 150 Å². The molecule has 0 saturated heterocycles. The maximum atomic E-state index is 11.7. The number of aromatic amines is 1. The van der Waals surface area contributed by atoms with E-state index < -0.39 is 0 Å². The summed E-state index contributed by atoms with van der Waals surface area (Å²) in [5.74, 6) is 1.03. The average molecular weight is 343 g/mol.